The summed E-state index contributed by atoms with van der Waals surface area (Å²) in [6, 6.07) is 2.68. The number of halogens is 6. The average Bonchev–Trinajstić information content (AvgIpc) is 3.00. The van der Waals surface area contributed by atoms with Gasteiger partial charge in [-0.1, -0.05) is 6.92 Å². The highest BCUT2D eigenvalue weighted by atomic mass is 19.4. The lowest BCUT2D eigenvalue weighted by atomic mass is 10.1. The van der Waals surface area contributed by atoms with Gasteiger partial charge < -0.3 is 9.67 Å². The van der Waals surface area contributed by atoms with Crippen molar-refractivity contribution in [2.24, 2.45) is 0 Å². The lowest BCUT2D eigenvalue weighted by molar-refractivity contribution is -0.143. The van der Waals surface area contributed by atoms with Gasteiger partial charge in [0, 0.05) is 24.2 Å². The number of alkyl halides is 6. The largest absolute Gasteiger partial charge is 0.478 e. The van der Waals surface area contributed by atoms with E-state index < -0.39 is 29.4 Å². The van der Waals surface area contributed by atoms with Crippen molar-refractivity contribution >= 4 is 11.5 Å². The molecule has 0 aliphatic heterocycles. The maximum atomic E-state index is 12.9. The van der Waals surface area contributed by atoms with Crippen LogP contribution in [0.4, 0.5) is 26.3 Å². The number of carboxylic acids is 1. The van der Waals surface area contributed by atoms with E-state index >= 15 is 0 Å². The monoisotopic (exact) mass is 377 g/mol. The number of rotatable bonds is 4. The summed E-state index contributed by atoms with van der Waals surface area (Å²) in [6.45, 7) is 1.68. The molecule has 0 bridgehead atoms. The molecule has 0 saturated heterocycles. The molecule has 2 rings (SSSR count). The third-order valence-electron chi connectivity index (χ3n) is 3.61. The molecule has 9 heteroatoms. The van der Waals surface area contributed by atoms with E-state index in [0.29, 0.717) is 29.7 Å². The summed E-state index contributed by atoms with van der Waals surface area (Å²) in [4.78, 5) is 10.8. The highest BCUT2D eigenvalue weighted by Crippen LogP contribution is 2.37. The van der Waals surface area contributed by atoms with Gasteiger partial charge in [0.25, 0.3) is 0 Å². The lowest BCUT2D eigenvalue weighted by Crippen LogP contribution is -2.12. The molecule has 1 aromatic heterocycles. The number of allylic oxidation sites excluding steroid dienone is 1. The predicted molar refractivity (Wildman–Crippen MR) is 81.7 cm³/mol. The van der Waals surface area contributed by atoms with E-state index in [4.69, 9.17) is 5.11 Å². The minimum atomic E-state index is -4.94. The van der Waals surface area contributed by atoms with Gasteiger partial charge in [-0.2, -0.15) is 26.3 Å². The van der Waals surface area contributed by atoms with Gasteiger partial charge in [-0.05, 0) is 41.8 Å². The topological polar surface area (TPSA) is 42.2 Å². The quantitative estimate of drug-likeness (QED) is 0.573. The van der Waals surface area contributed by atoms with Gasteiger partial charge in [0.2, 0.25) is 0 Å². The van der Waals surface area contributed by atoms with E-state index in [0.717, 1.165) is 10.6 Å². The minimum Gasteiger partial charge on any atom is -0.478 e. The van der Waals surface area contributed by atoms with Crippen LogP contribution in [0, 0.1) is 0 Å². The molecule has 0 spiro atoms. The second-order valence-electron chi connectivity index (χ2n) is 5.43. The van der Waals surface area contributed by atoms with E-state index in [2.05, 4.69) is 0 Å². The molecule has 1 heterocycles. The Bertz CT molecular complexity index is 813. The Kier molecular flexibility index (Phi) is 5.20. The van der Waals surface area contributed by atoms with Crippen LogP contribution in [0.25, 0.3) is 11.3 Å². The summed E-state index contributed by atoms with van der Waals surface area (Å²) in [5.74, 6) is -1.20. The maximum absolute atomic E-state index is 12.9. The number of aliphatic carboxylic acids is 1. The number of nitrogens with zero attached hydrogens (tertiary/aromatic N) is 1. The highest BCUT2D eigenvalue weighted by Gasteiger charge is 2.37. The van der Waals surface area contributed by atoms with Gasteiger partial charge in [0.1, 0.15) is 0 Å². The highest BCUT2D eigenvalue weighted by molar-refractivity contribution is 5.89. The van der Waals surface area contributed by atoms with Crippen LogP contribution >= 0.6 is 0 Å². The Morgan fingerprint density at radius 2 is 1.62 bits per heavy atom. The van der Waals surface area contributed by atoms with E-state index in [1.807, 2.05) is 0 Å². The van der Waals surface area contributed by atoms with Crippen molar-refractivity contribution < 1.29 is 36.2 Å². The van der Waals surface area contributed by atoms with Crippen molar-refractivity contribution in [1.29, 1.82) is 0 Å². The standard InChI is InChI=1S/C17H13F6NO2/c1-2-10(5-15(25)26)11-3-4-24(9-11)14-7-12(16(18,19)20)6-13(8-14)17(21,22)23/h3-9H,2H2,1H3,(H,25,26)/b10-5+. The number of hydrogen-bond acceptors (Lipinski definition) is 1. The third kappa shape index (κ3) is 4.47. The number of hydrogen-bond donors (Lipinski definition) is 1. The zero-order chi connectivity index (χ0) is 19.7. The van der Waals surface area contributed by atoms with Crippen molar-refractivity contribution in [2.75, 3.05) is 0 Å². The number of carbonyl (C=O) groups is 1. The van der Waals surface area contributed by atoms with Crippen LogP contribution in [0.1, 0.15) is 30.0 Å². The molecule has 0 amide bonds. The molecule has 1 aromatic carbocycles. The van der Waals surface area contributed by atoms with Crippen LogP contribution < -0.4 is 0 Å². The Hall–Kier alpha value is -2.71. The summed E-state index contributed by atoms with van der Waals surface area (Å²) in [7, 11) is 0. The Morgan fingerprint density at radius 3 is 2.04 bits per heavy atom. The minimum absolute atomic E-state index is 0.0513. The van der Waals surface area contributed by atoms with E-state index in [1.54, 1.807) is 6.92 Å². The predicted octanol–water partition coefficient (Wildman–Crippen LogP) is 5.39. The van der Waals surface area contributed by atoms with Crippen molar-refractivity contribution in [2.45, 2.75) is 25.7 Å². The third-order valence-corrected chi connectivity index (χ3v) is 3.61. The molecule has 1 N–H and O–H groups in total. The van der Waals surface area contributed by atoms with Gasteiger partial charge in [-0.3, -0.25) is 0 Å². The Balaban J connectivity index is 2.57. The molecular formula is C17H13F6NO2. The zero-order valence-corrected chi connectivity index (χ0v) is 13.3. The van der Waals surface area contributed by atoms with Crippen molar-refractivity contribution in [1.82, 2.24) is 4.57 Å². The van der Waals surface area contributed by atoms with Crippen LogP contribution in [-0.4, -0.2) is 15.6 Å². The number of carboxylic acid groups (broad SMARTS) is 1. The molecule has 0 atom stereocenters. The van der Waals surface area contributed by atoms with Crippen molar-refractivity contribution in [3.8, 4) is 5.69 Å². The normalized spacial score (nSPS) is 13.1. The van der Waals surface area contributed by atoms with Crippen LogP contribution in [0.5, 0.6) is 0 Å². The summed E-state index contributed by atoms with van der Waals surface area (Å²) in [5, 5.41) is 8.82. The molecule has 0 aliphatic carbocycles. The van der Waals surface area contributed by atoms with Gasteiger partial charge in [0.05, 0.1) is 11.1 Å². The fourth-order valence-corrected chi connectivity index (χ4v) is 2.37. The molecular weight excluding hydrogens is 364 g/mol. The fraction of sp³-hybridized carbons (Fsp3) is 0.235. The Morgan fingerprint density at radius 1 is 1.08 bits per heavy atom. The lowest BCUT2D eigenvalue weighted by Gasteiger charge is -2.14. The van der Waals surface area contributed by atoms with Crippen molar-refractivity contribution in [3.05, 3.63) is 59.4 Å². The van der Waals surface area contributed by atoms with E-state index in [1.165, 1.54) is 18.5 Å². The van der Waals surface area contributed by atoms with Crippen LogP contribution in [-0.2, 0) is 17.1 Å². The number of benzene rings is 1. The summed E-state index contributed by atoms with van der Waals surface area (Å²) < 4.78 is 78.7. The van der Waals surface area contributed by atoms with Crippen LogP contribution in [0.15, 0.2) is 42.7 Å². The molecule has 26 heavy (non-hydrogen) atoms. The van der Waals surface area contributed by atoms with Gasteiger partial charge in [-0.15, -0.1) is 0 Å². The average molecular weight is 377 g/mol. The van der Waals surface area contributed by atoms with Gasteiger partial charge in [0.15, 0.2) is 0 Å². The van der Waals surface area contributed by atoms with E-state index in [9.17, 15) is 31.1 Å². The second kappa shape index (κ2) is 6.89. The van der Waals surface area contributed by atoms with Gasteiger partial charge in [-0.25, -0.2) is 4.79 Å². The SMILES string of the molecule is CC/C(=C\C(=O)O)c1ccn(-c2cc(C(F)(F)F)cc(C(F)(F)F)c2)c1. The molecule has 2 aromatic rings. The summed E-state index contributed by atoms with van der Waals surface area (Å²) in [6.07, 6.45) is -6.06. The molecule has 3 nitrogen and oxygen atoms in total. The Labute approximate surface area is 144 Å². The smallest absolute Gasteiger partial charge is 0.416 e. The fourth-order valence-electron chi connectivity index (χ4n) is 2.37. The summed E-state index contributed by atoms with van der Waals surface area (Å²) >= 11 is 0. The van der Waals surface area contributed by atoms with Crippen LogP contribution in [0.3, 0.4) is 0 Å². The molecule has 0 fully saturated rings. The number of aromatic nitrogens is 1. The zero-order valence-electron chi connectivity index (χ0n) is 13.3. The first-order chi connectivity index (χ1) is 11.9. The maximum Gasteiger partial charge on any atom is 0.416 e. The van der Waals surface area contributed by atoms with Crippen LogP contribution in [0.2, 0.25) is 0 Å². The van der Waals surface area contributed by atoms with E-state index in [-0.39, 0.29) is 11.8 Å². The first kappa shape index (κ1) is 19.6. The molecule has 0 unspecified atom stereocenters. The first-order valence-electron chi connectivity index (χ1n) is 7.33. The van der Waals surface area contributed by atoms with Gasteiger partial charge >= 0.3 is 18.3 Å². The molecule has 0 radical (unpaired) electrons. The first-order valence-corrected chi connectivity index (χ1v) is 7.33. The molecule has 0 aliphatic rings. The summed E-state index contributed by atoms with van der Waals surface area (Å²) in [5.41, 5.74) is -2.40. The molecule has 140 valence electrons. The molecule has 0 saturated carbocycles. The van der Waals surface area contributed by atoms with Crippen molar-refractivity contribution in [3.63, 3.8) is 0 Å². The second-order valence-corrected chi connectivity index (χ2v) is 5.43.